The molecule has 2 aromatic heterocycles. The zero-order chi connectivity index (χ0) is 21.5. The van der Waals surface area contributed by atoms with Crippen LogP contribution in [0.1, 0.15) is 60.6 Å². The molecule has 2 amide bonds. The number of hydrogen-bond acceptors (Lipinski definition) is 4. The fourth-order valence-corrected chi connectivity index (χ4v) is 4.79. The van der Waals surface area contributed by atoms with Gasteiger partial charge in [-0.3, -0.25) is 9.59 Å². The number of rotatable bonds is 3. The van der Waals surface area contributed by atoms with Crippen molar-refractivity contribution in [2.75, 3.05) is 18.4 Å². The highest BCUT2D eigenvalue weighted by Gasteiger charge is 2.29. The molecule has 1 aliphatic rings. The van der Waals surface area contributed by atoms with Gasteiger partial charge in [0.05, 0.1) is 20.9 Å². The first kappa shape index (κ1) is 20.6. The Morgan fingerprint density at radius 1 is 1.27 bits per heavy atom. The highest BCUT2D eigenvalue weighted by molar-refractivity contribution is 7.18. The van der Waals surface area contributed by atoms with Crippen LogP contribution in [0.3, 0.4) is 0 Å². The SMILES string of the molecule is Cc1cc(NC(=O)C(C)(C)C)sc1C(=O)N1CCCC(c2nc3ccccc3[nH]2)C1. The minimum Gasteiger partial charge on any atom is -0.342 e. The number of H-pyrrole nitrogens is 1. The number of likely N-dealkylation sites (tertiary alicyclic amines) is 1. The number of carbonyl (C=O) groups excluding carboxylic acids is 2. The fourth-order valence-electron chi connectivity index (χ4n) is 3.75. The molecule has 1 saturated heterocycles. The second-order valence-electron chi connectivity index (χ2n) is 9.06. The Morgan fingerprint density at radius 2 is 2.03 bits per heavy atom. The summed E-state index contributed by atoms with van der Waals surface area (Å²) in [5, 5.41) is 3.67. The second-order valence-corrected chi connectivity index (χ2v) is 10.1. The maximum Gasteiger partial charge on any atom is 0.264 e. The lowest BCUT2D eigenvalue weighted by atomic mass is 9.96. The minimum atomic E-state index is -0.477. The predicted octanol–water partition coefficient (Wildman–Crippen LogP) is 4.94. The molecule has 0 spiro atoms. The van der Waals surface area contributed by atoms with Gasteiger partial charge in [-0.15, -0.1) is 11.3 Å². The number of anilines is 1. The number of aromatic amines is 1. The maximum atomic E-state index is 13.3. The number of nitrogens with zero attached hydrogens (tertiary/aromatic N) is 2. The molecule has 0 saturated carbocycles. The summed E-state index contributed by atoms with van der Waals surface area (Å²) in [5.41, 5.74) is 2.42. The highest BCUT2D eigenvalue weighted by atomic mass is 32.1. The monoisotopic (exact) mass is 424 g/mol. The first-order valence-corrected chi connectivity index (χ1v) is 11.2. The number of hydrogen-bond donors (Lipinski definition) is 2. The Balaban J connectivity index is 1.50. The van der Waals surface area contributed by atoms with E-state index in [4.69, 9.17) is 4.98 Å². The normalized spacial score (nSPS) is 17.3. The van der Waals surface area contributed by atoms with Gasteiger partial charge in [-0.2, -0.15) is 0 Å². The summed E-state index contributed by atoms with van der Waals surface area (Å²) < 4.78 is 0. The number of benzene rings is 1. The number of amides is 2. The van der Waals surface area contributed by atoms with Crippen LogP contribution in [-0.2, 0) is 4.79 Å². The molecule has 1 fully saturated rings. The quantitative estimate of drug-likeness (QED) is 0.625. The van der Waals surface area contributed by atoms with Gasteiger partial charge in [0.25, 0.3) is 5.91 Å². The van der Waals surface area contributed by atoms with Crippen molar-refractivity contribution in [2.45, 2.75) is 46.5 Å². The number of fused-ring (bicyclic) bond motifs is 1. The van der Waals surface area contributed by atoms with E-state index in [1.807, 2.05) is 62.9 Å². The van der Waals surface area contributed by atoms with Crippen molar-refractivity contribution in [3.8, 4) is 0 Å². The van der Waals surface area contributed by atoms with Crippen LogP contribution in [0.15, 0.2) is 30.3 Å². The maximum absolute atomic E-state index is 13.3. The molecule has 1 unspecified atom stereocenters. The minimum absolute atomic E-state index is 0.0366. The summed E-state index contributed by atoms with van der Waals surface area (Å²) in [4.78, 5) is 36.3. The van der Waals surface area contributed by atoms with E-state index < -0.39 is 5.41 Å². The van der Waals surface area contributed by atoms with E-state index in [9.17, 15) is 9.59 Å². The average Bonchev–Trinajstić information content (AvgIpc) is 3.30. The standard InChI is InChI=1S/C23H28N4O2S/c1-14-12-18(26-22(29)23(2,3)4)30-19(14)21(28)27-11-7-8-15(13-27)20-24-16-9-5-6-10-17(16)25-20/h5-6,9-10,12,15H,7-8,11,13H2,1-4H3,(H,24,25)(H,26,29). The lowest BCUT2D eigenvalue weighted by Gasteiger charge is -2.31. The van der Waals surface area contributed by atoms with Crippen LogP contribution in [0, 0.1) is 12.3 Å². The summed E-state index contributed by atoms with van der Waals surface area (Å²) in [6.07, 6.45) is 1.96. The van der Waals surface area contributed by atoms with Gasteiger partial charge in [-0.05, 0) is 43.5 Å². The van der Waals surface area contributed by atoms with Gasteiger partial charge in [0.1, 0.15) is 5.82 Å². The highest BCUT2D eigenvalue weighted by Crippen LogP contribution is 2.32. The van der Waals surface area contributed by atoms with Crippen LogP contribution in [0.2, 0.25) is 0 Å². The van der Waals surface area contributed by atoms with E-state index in [0.717, 1.165) is 46.8 Å². The van der Waals surface area contributed by atoms with Crippen LogP contribution in [0.5, 0.6) is 0 Å². The molecule has 1 aromatic carbocycles. The third-order valence-electron chi connectivity index (χ3n) is 5.53. The number of aromatic nitrogens is 2. The Bertz CT molecular complexity index is 1060. The first-order chi connectivity index (χ1) is 14.2. The van der Waals surface area contributed by atoms with Gasteiger partial charge in [0.15, 0.2) is 0 Å². The molecule has 30 heavy (non-hydrogen) atoms. The fraction of sp³-hybridized carbons (Fsp3) is 0.435. The molecular formula is C23H28N4O2S. The van der Waals surface area contributed by atoms with Crippen molar-refractivity contribution in [1.29, 1.82) is 0 Å². The number of imidazole rings is 1. The Hall–Kier alpha value is -2.67. The van der Waals surface area contributed by atoms with E-state index in [-0.39, 0.29) is 17.7 Å². The molecule has 1 atom stereocenters. The van der Waals surface area contributed by atoms with Crippen molar-refractivity contribution < 1.29 is 9.59 Å². The van der Waals surface area contributed by atoms with Gasteiger partial charge in [-0.1, -0.05) is 32.9 Å². The summed E-state index contributed by atoms with van der Waals surface area (Å²) in [6.45, 7) is 8.95. The molecule has 158 valence electrons. The van der Waals surface area contributed by atoms with Crippen LogP contribution in [-0.4, -0.2) is 39.8 Å². The van der Waals surface area contributed by atoms with E-state index >= 15 is 0 Å². The number of thiophene rings is 1. The zero-order valence-electron chi connectivity index (χ0n) is 17.9. The van der Waals surface area contributed by atoms with E-state index in [1.54, 1.807) is 0 Å². The third kappa shape index (κ3) is 4.12. The molecule has 3 heterocycles. The average molecular weight is 425 g/mol. The molecule has 6 nitrogen and oxygen atoms in total. The number of aryl methyl sites for hydroxylation is 1. The largest absolute Gasteiger partial charge is 0.342 e. The summed E-state index contributed by atoms with van der Waals surface area (Å²) in [7, 11) is 0. The van der Waals surface area contributed by atoms with E-state index in [2.05, 4.69) is 10.3 Å². The topological polar surface area (TPSA) is 78.1 Å². The molecule has 0 radical (unpaired) electrons. The van der Waals surface area contributed by atoms with Crippen LogP contribution < -0.4 is 5.32 Å². The number of piperidine rings is 1. The smallest absolute Gasteiger partial charge is 0.264 e. The molecule has 2 N–H and O–H groups in total. The van der Waals surface area contributed by atoms with Gasteiger partial charge in [-0.25, -0.2) is 4.98 Å². The van der Waals surface area contributed by atoms with Crippen LogP contribution in [0.25, 0.3) is 11.0 Å². The summed E-state index contributed by atoms with van der Waals surface area (Å²) >= 11 is 1.36. The van der Waals surface area contributed by atoms with Crippen molar-refractivity contribution in [1.82, 2.24) is 14.9 Å². The Morgan fingerprint density at radius 3 is 2.77 bits per heavy atom. The molecule has 1 aliphatic heterocycles. The van der Waals surface area contributed by atoms with Crippen LogP contribution >= 0.6 is 11.3 Å². The van der Waals surface area contributed by atoms with Gasteiger partial charge < -0.3 is 15.2 Å². The van der Waals surface area contributed by atoms with Crippen molar-refractivity contribution in [3.05, 3.63) is 46.6 Å². The molecule has 4 rings (SSSR count). The van der Waals surface area contributed by atoms with Crippen molar-refractivity contribution in [2.24, 2.45) is 5.41 Å². The summed E-state index contributed by atoms with van der Waals surface area (Å²) in [6, 6.07) is 9.90. The van der Waals surface area contributed by atoms with Crippen molar-refractivity contribution >= 4 is 39.2 Å². The molecule has 3 aromatic rings. The number of para-hydroxylation sites is 2. The lowest BCUT2D eigenvalue weighted by molar-refractivity contribution is -0.123. The Kier molecular flexibility index (Phi) is 5.40. The third-order valence-corrected chi connectivity index (χ3v) is 6.67. The first-order valence-electron chi connectivity index (χ1n) is 10.4. The van der Waals surface area contributed by atoms with E-state index in [0.29, 0.717) is 11.4 Å². The van der Waals surface area contributed by atoms with Crippen LogP contribution in [0.4, 0.5) is 5.00 Å². The number of carbonyl (C=O) groups is 2. The van der Waals surface area contributed by atoms with Gasteiger partial charge >= 0.3 is 0 Å². The Labute approximate surface area is 180 Å². The lowest BCUT2D eigenvalue weighted by Crippen LogP contribution is -2.39. The number of nitrogens with one attached hydrogen (secondary N) is 2. The van der Waals surface area contributed by atoms with Gasteiger partial charge in [0, 0.05) is 24.4 Å². The zero-order valence-corrected chi connectivity index (χ0v) is 18.7. The molecule has 0 bridgehead atoms. The predicted molar refractivity (Wildman–Crippen MR) is 121 cm³/mol. The van der Waals surface area contributed by atoms with E-state index in [1.165, 1.54) is 11.3 Å². The summed E-state index contributed by atoms with van der Waals surface area (Å²) in [5.74, 6) is 1.14. The molecular weight excluding hydrogens is 396 g/mol. The molecule has 7 heteroatoms. The van der Waals surface area contributed by atoms with Crippen molar-refractivity contribution in [3.63, 3.8) is 0 Å². The molecule has 0 aliphatic carbocycles. The second kappa shape index (κ2) is 7.87. The van der Waals surface area contributed by atoms with Gasteiger partial charge in [0.2, 0.25) is 5.91 Å².